The molecule has 0 bridgehead atoms. The second-order valence-electron chi connectivity index (χ2n) is 5.12. The largest absolute Gasteiger partial charge is 0.368 e. The van der Waals surface area contributed by atoms with Gasteiger partial charge in [-0.1, -0.05) is 30.3 Å². The second kappa shape index (κ2) is 7.47. The maximum absolute atomic E-state index is 12.7. The highest BCUT2D eigenvalue weighted by Gasteiger charge is 2.31. The number of carbonyl (C=O) groups is 2. The van der Waals surface area contributed by atoms with Crippen LogP contribution in [0.5, 0.6) is 0 Å². The van der Waals surface area contributed by atoms with Crippen molar-refractivity contribution >= 4 is 23.6 Å². The van der Waals surface area contributed by atoms with E-state index in [1.807, 2.05) is 42.1 Å². The van der Waals surface area contributed by atoms with E-state index in [4.69, 9.17) is 5.73 Å². The maximum Gasteiger partial charge on any atom is 0.244 e. The van der Waals surface area contributed by atoms with Crippen molar-refractivity contribution in [2.75, 3.05) is 38.2 Å². The molecule has 2 amide bonds. The highest BCUT2D eigenvalue weighted by molar-refractivity contribution is 7.99. The van der Waals surface area contributed by atoms with E-state index in [1.54, 1.807) is 7.05 Å². The predicted octanol–water partition coefficient (Wildman–Crippen LogP) is 0.720. The Balaban J connectivity index is 2.22. The van der Waals surface area contributed by atoms with Crippen LogP contribution in [-0.4, -0.2) is 59.8 Å². The summed E-state index contributed by atoms with van der Waals surface area (Å²) in [4.78, 5) is 27.4. The van der Waals surface area contributed by atoms with Crippen LogP contribution in [0.25, 0.3) is 0 Å². The lowest BCUT2D eigenvalue weighted by molar-refractivity contribution is -0.138. The molecule has 21 heavy (non-hydrogen) atoms. The average Bonchev–Trinajstić information content (AvgIpc) is 2.49. The number of likely N-dealkylation sites (N-methyl/N-ethyl adjacent to an activating group) is 1. The van der Waals surface area contributed by atoms with Gasteiger partial charge in [0.25, 0.3) is 0 Å². The Bertz CT molecular complexity index is 489. The number of hydrogen-bond donors (Lipinski definition) is 1. The Morgan fingerprint density at radius 3 is 2.48 bits per heavy atom. The number of carbonyl (C=O) groups excluding carboxylic acids is 2. The summed E-state index contributed by atoms with van der Waals surface area (Å²) in [6.45, 7) is 1.70. The molecule has 0 saturated carbocycles. The first-order valence-corrected chi connectivity index (χ1v) is 8.15. The molecule has 2 N–H and O–H groups in total. The third-order valence-electron chi connectivity index (χ3n) is 3.53. The number of hydrogen-bond acceptors (Lipinski definition) is 4. The van der Waals surface area contributed by atoms with E-state index in [0.717, 1.165) is 30.2 Å². The lowest BCUT2D eigenvalue weighted by atomic mass is 10.0. The van der Waals surface area contributed by atoms with E-state index >= 15 is 0 Å². The van der Waals surface area contributed by atoms with Gasteiger partial charge in [-0.2, -0.15) is 11.8 Å². The minimum Gasteiger partial charge on any atom is -0.368 e. The molecule has 0 radical (unpaired) electrons. The van der Waals surface area contributed by atoms with Gasteiger partial charge in [-0.15, -0.1) is 0 Å². The van der Waals surface area contributed by atoms with Crippen LogP contribution >= 0.6 is 11.8 Å². The van der Waals surface area contributed by atoms with Crippen molar-refractivity contribution in [3.05, 3.63) is 35.9 Å². The summed E-state index contributed by atoms with van der Waals surface area (Å²) in [5.41, 5.74) is 6.16. The number of amides is 2. The Morgan fingerprint density at radius 1 is 1.29 bits per heavy atom. The fourth-order valence-corrected chi connectivity index (χ4v) is 3.43. The molecule has 1 aliphatic rings. The lowest BCUT2D eigenvalue weighted by Crippen LogP contribution is -2.46. The summed E-state index contributed by atoms with van der Waals surface area (Å²) in [5.74, 6) is 1.48. The molecule has 0 aromatic heterocycles. The van der Waals surface area contributed by atoms with Crippen LogP contribution < -0.4 is 5.73 Å². The number of rotatable bonds is 5. The van der Waals surface area contributed by atoms with Gasteiger partial charge in [0.05, 0.1) is 6.54 Å². The molecule has 2 rings (SSSR count). The van der Waals surface area contributed by atoms with Crippen LogP contribution in [0.4, 0.5) is 0 Å². The standard InChI is InChI=1S/C15H21N3O2S/c1-17(11-13(16)19)15(20)14(12-5-3-2-4-6-12)18-7-9-21-10-8-18/h2-6,14H,7-11H2,1H3,(H2,16,19). The van der Waals surface area contributed by atoms with Crippen LogP contribution in [0, 0.1) is 0 Å². The molecule has 1 aromatic carbocycles. The molecular formula is C15H21N3O2S. The molecule has 0 aliphatic carbocycles. The Kier molecular flexibility index (Phi) is 5.64. The first kappa shape index (κ1) is 15.9. The first-order chi connectivity index (χ1) is 10.1. The highest BCUT2D eigenvalue weighted by atomic mass is 32.2. The van der Waals surface area contributed by atoms with Gasteiger partial charge < -0.3 is 10.6 Å². The van der Waals surface area contributed by atoms with E-state index in [-0.39, 0.29) is 18.5 Å². The monoisotopic (exact) mass is 307 g/mol. The zero-order chi connectivity index (χ0) is 15.2. The molecule has 1 aliphatic heterocycles. The predicted molar refractivity (Wildman–Crippen MR) is 84.9 cm³/mol. The summed E-state index contributed by atoms with van der Waals surface area (Å²) in [6, 6.07) is 9.39. The van der Waals surface area contributed by atoms with E-state index in [9.17, 15) is 9.59 Å². The Labute approximate surface area is 129 Å². The SMILES string of the molecule is CN(CC(N)=O)C(=O)C(c1ccccc1)N1CCSCC1. The number of primary amides is 1. The molecule has 0 spiro atoms. The third kappa shape index (κ3) is 4.22. The molecule has 1 atom stereocenters. The lowest BCUT2D eigenvalue weighted by Gasteiger charge is -2.35. The fourth-order valence-electron chi connectivity index (χ4n) is 2.50. The molecule has 5 nitrogen and oxygen atoms in total. The van der Waals surface area contributed by atoms with Gasteiger partial charge in [0, 0.05) is 31.6 Å². The van der Waals surface area contributed by atoms with Gasteiger partial charge in [0.15, 0.2) is 0 Å². The Hall–Kier alpha value is -1.53. The van der Waals surface area contributed by atoms with Crippen molar-refractivity contribution in [2.45, 2.75) is 6.04 Å². The number of benzene rings is 1. The van der Waals surface area contributed by atoms with Crippen molar-refractivity contribution < 1.29 is 9.59 Å². The van der Waals surface area contributed by atoms with Crippen molar-refractivity contribution in [3.8, 4) is 0 Å². The first-order valence-electron chi connectivity index (χ1n) is 6.99. The van der Waals surface area contributed by atoms with Crippen molar-refractivity contribution in [3.63, 3.8) is 0 Å². The molecule has 1 fully saturated rings. The van der Waals surface area contributed by atoms with Crippen molar-refractivity contribution in [1.29, 1.82) is 0 Å². The van der Waals surface area contributed by atoms with Gasteiger partial charge in [0.1, 0.15) is 6.04 Å². The summed E-state index contributed by atoms with van der Waals surface area (Å²) < 4.78 is 0. The Morgan fingerprint density at radius 2 is 1.90 bits per heavy atom. The maximum atomic E-state index is 12.7. The number of nitrogens with two attached hydrogens (primary N) is 1. The molecule has 1 heterocycles. The minimum absolute atomic E-state index is 0.0508. The number of thioether (sulfide) groups is 1. The number of nitrogens with zero attached hydrogens (tertiary/aromatic N) is 2. The topological polar surface area (TPSA) is 66.6 Å². The normalized spacial score (nSPS) is 17.2. The third-order valence-corrected chi connectivity index (χ3v) is 4.47. The average molecular weight is 307 g/mol. The summed E-state index contributed by atoms with van der Waals surface area (Å²) in [5, 5.41) is 0. The summed E-state index contributed by atoms with van der Waals surface area (Å²) >= 11 is 1.90. The molecule has 1 aromatic rings. The van der Waals surface area contributed by atoms with Crippen molar-refractivity contribution in [2.24, 2.45) is 5.73 Å². The smallest absolute Gasteiger partial charge is 0.244 e. The zero-order valence-corrected chi connectivity index (χ0v) is 13.0. The van der Waals surface area contributed by atoms with Crippen molar-refractivity contribution in [1.82, 2.24) is 9.80 Å². The van der Waals surface area contributed by atoms with E-state index in [1.165, 1.54) is 4.90 Å². The van der Waals surface area contributed by atoms with Gasteiger partial charge in [-0.25, -0.2) is 0 Å². The zero-order valence-electron chi connectivity index (χ0n) is 12.2. The fraction of sp³-hybridized carbons (Fsp3) is 0.467. The summed E-state index contributed by atoms with van der Waals surface area (Å²) in [6.07, 6.45) is 0. The molecule has 6 heteroatoms. The van der Waals surface area contributed by atoms with Crippen LogP contribution in [0.1, 0.15) is 11.6 Å². The van der Waals surface area contributed by atoms with E-state index < -0.39 is 5.91 Å². The molecule has 1 unspecified atom stereocenters. The van der Waals surface area contributed by atoms with Crippen LogP contribution in [0.3, 0.4) is 0 Å². The molecule has 1 saturated heterocycles. The quantitative estimate of drug-likeness (QED) is 0.870. The van der Waals surface area contributed by atoms with E-state index in [2.05, 4.69) is 4.90 Å². The van der Waals surface area contributed by atoms with Crippen LogP contribution in [0.15, 0.2) is 30.3 Å². The highest BCUT2D eigenvalue weighted by Crippen LogP contribution is 2.25. The second-order valence-corrected chi connectivity index (χ2v) is 6.35. The van der Waals surface area contributed by atoms with Gasteiger partial charge in [-0.05, 0) is 5.56 Å². The summed E-state index contributed by atoms with van der Waals surface area (Å²) in [7, 11) is 1.63. The minimum atomic E-state index is -0.494. The van der Waals surface area contributed by atoms with Crippen LogP contribution in [0.2, 0.25) is 0 Å². The van der Waals surface area contributed by atoms with Crippen LogP contribution in [-0.2, 0) is 9.59 Å². The molecular weight excluding hydrogens is 286 g/mol. The van der Waals surface area contributed by atoms with Gasteiger partial charge in [0.2, 0.25) is 11.8 Å². The van der Waals surface area contributed by atoms with E-state index in [0.29, 0.717) is 0 Å². The van der Waals surface area contributed by atoms with Gasteiger partial charge >= 0.3 is 0 Å². The molecule has 114 valence electrons. The van der Waals surface area contributed by atoms with Gasteiger partial charge in [-0.3, -0.25) is 14.5 Å².